The standard InChI is InChI=1S/C34H67NO4/c1-5-7-9-11-13-15-17-19-21-23-25-27-31(36)30(3)34(39,29-33(4,35)38)32(37)28-26-24-22-20-18-16-14-12-10-8-6-2/h30,38-39H,5-29,35H2,1-4H3. The van der Waals surface area contributed by atoms with Gasteiger partial charge in [-0.25, -0.2) is 0 Å². The second-order valence-electron chi connectivity index (χ2n) is 12.6. The zero-order valence-electron chi connectivity index (χ0n) is 26.5. The second kappa shape index (κ2) is 23.9. The van der Waals surface area contributed by atoms with Gasteiger partial charge in [-0.2, -0.15) is 0 Å². The van der Waals surface area contributed by atoms with E-state index in [-0.39, 0.29) is 24.4 Å². The van der Waals surface area contributed by atoms with E-state index in [1.54, 1.807) is 6.92 Å². The smallest absolute Gasteiger partial charge is 0.165 e. The molecule has 0 spiro atoms. The van der Waals surface area contributed by atoms with Gasteiger partial charge in [0, 0.05) is 19.3 Å². The molecule has 5 nitrogen and oxygen atoms in total. The van der Waals surface area contributed by atoms with Gasteiger partial charge in [0.15, 0.2) is 5.78 Å². The van der Waals surface area contributed by atoms with Crippen LogP contribution >= 0.6 is 0 Å². The van der Waals surface area contributed by atoms with E-state index in [1.807, 2.05) is 0 Å². The summed E-state index contributed by atoms with van der Waals surface area (Å²) in [5.74, 6) is -1.33. The van der Waals surface area contributed by atoms with Gasteiger partial charge in [0.05, 0.1) is 5.92 Å². The molecule has 0 bridgehead atoms. The van der Waals surface area contributed by atoms with Crippen LogP contribution in [0.1, 0.15) is 188 Å². The minimum Gasteiger partial charge on any atom is -0.381 e. The maximum absolute atomic E-state index is 13.1. The number of nitrogens with two attached hydrogens (primary N) is 1. The van der Waals surface area contributed by atoms with Gasteiger partial charge in [-0.1, -0.05) is 149 Å². The van der Waals surface area contributed by atoms with Gasteiger partial charge in [0.25, 0.3) is 0 Å². The highest BCUT2D eigenvalue weighted by atomic mass is 16.3. The van der Waals surface area contributed by atoms with Crippen LogP contribution in [-0.2, 0) is 9.59 Å². The van der Waals surface area contributed by atoms with Gasteiger partial charge < -0.3 is 15.9 Å². The molecule has 0 aliphatic rings. The SMILES string of the molecule is CCCCCCCCCCCCCC(=O)C(C)C(O)(CC(C)(N)O)C(=O)CCCCCCCCCCCCC. The van der Waals surface area contributed by atoms with Crippen LogP contribution in [0.15, 0.2) is 0 Å². The molecule has 0 aliphatic heterocycles. The minimum atomic E-state index is -1.91. The fourth-order valence-electron chi connectivity index (χ4n) is 5.65. The fraction of sp³-hybridized carbons (Fsp3) is 0.941. The molecule has 0 aromatic rings. The Balaban J connectivity index is 4.35. The van der Waals surface area contributed by atoms with Crippen LogP contribution in [-0.4, -0.2) is 33.1 Å². The average Bonchev–Trinajstić information content (AvgIpc) is 2.88. The lowest BCUT2D eigenvalue weighted by Gasteiger charge is -2.36. The number of unbranched alkanes of at least 4 members (excludes halogenated alkanes) is 20. The molecule has 3 unspecified atom stereocenters. The van der Waals surface area contributed by atoms with Crippen LogP contribution in [0.5, 0.6) is 0 Å². The molecule has 3 atom stereocenters. The summed E-state index contributed by atoms with van der Waals surface area (Å²) >= 11 is 0. The molecule has 0 aromatic carbocycles. The molecule has 0 heterocycles. The highest BCUT2D eigenvalue weighted by Crippen LogP contribution is 2.31. The Morgan fingerprint density at radius 2 is 0.897 bits per heavy atom. The lowest BCUT2D eigenvalue weighted by molar-refractivity contribution is -0.157. The molecule has 0 aliphatic carbocycles. The number of ketones is 2. The van der Waals surface area contributed by atoms with E-state index in [4.69, 9.17) is 5.73 Å². The van der Waals surface area contributed by atoms with Crippen LogP contribution in [0.25, 0.3) is 0 Å². The van der Waals surface area contributed by atoms with Gasteiger partial charge in [-0.15, -0.1) is 0 Å². The number of hydrogen-bond donors (Lipinski definition) is 3. The number of carbonyl (C=O) groups is 2. The lowest BCUT2D eigenvalue weighted by Crippen LogP contribution is -2.55. The summed E-state index contributed by atoms with van der Waals surface area (Å²) in [7, 11) is 0. The van der Waals surface area contributed by atoms with E-state index in [1.165, 1.54) is 110 Å². The van der Waals surface area contributed by atoms with Crippen LogP contribution in [0, 0.1) is 5.92 Å². The monoisotopic (exact) mass is 554 g/mol. The van der Waals surface area contributed by atoms with E-state index < -0.39 is 17.2 Å². The molecule has 4 N–H and O–H groups in total. The molecule has 5 heteroatoms. The predicted octanol–water partition coefficient (Wildman–Crippen LogP) is 8.95. The molecular weight excluding hydrogens is 486 g/mol. The lowest BCUT2D eigenvalue weighted by atomic mass is 9.75. The van der Waals surface area contributed by atoms with Crippen molar-refractivity contribution >= 4 is 11.6 Å². The number of aliphatic hydroxyl groups is 2. The maximum Gasteiger partial charge on any atom is 0.165 e. The van der Waals surface area contributed by atoms with Crippen LogP contribution in [0.4, 0.5) is 0 Å². The van der Waals surface area contributed by atoms with Crippen LogP contribution < -0.4 is 5.73 Å². The largest absolute Gasteiger partial charge is 0.381 e. The van der Waals surface area contributed by atoms with Gasteiger partial charge in [-0.3, -0.25) is 9.59 Å². The summed E-state index contributed by atoms with van der Waals surface area (Å²) in [5.41, 5.74) is 2.18. The third-order valence-corrected chi connectivity index (χ3v) is 8.34. The normalized spacial score (nSPS) is 15.6. The summed E-state index contributed by atoms with van der Waals surface area (Å²) in [6, 6.07) is 0. The first-order valence-corrected chi connectivity index (χ1v) is 16.9. The van der Waals surface area contributed by atoms with E-state index in [0.717, 1.165) is 32.1 Å². The predicted molar refractivity (Wildman–Crippen MR) is 166 cm³/mol. The zero-order valence-corrected chi connectivity index (χ0v) is 26.5. The molecule has 0 saturated heterocycles. The van der Waals surface area contributed by atoms with Crippen LogP contribution in [0.2, 0.25) is 0 Å². The fourth-order valence-corrected chi connectivity index (χ4v) is 5.65. The summed E-state index contributed by atoms with van der Waals surface area (Å²) in [6.45, 7) is 7.49. The number of rotatable bonds is 29. The molecule has 0 rings (SSSR count). The average molecular weight is 554 g/mol. The second-order valence-corrected chi connectivity index (χ2v) is 12.6. The Morgan fingerprint density at radius 3 is 1.23 bits per heavy atom. The summed E-state index contributed by atoms with van der Waals surface area (Å²) < 4.78 is 0. The summed E-state index contributed by atoms with van der Waals surface area (Å²) in [4.78, 5) is 26.1. The topological polar surface area (TPSA) is 101 Å². The van der Waals surface area contributed by atoms with Crippen molar-refractivity contribution in [3.05, 3.63) is 0 Å². The Bertz CT molecular complexity index is 600. The van der Waals surface area contributed by atoms with Crippen molar-refractivity contribution in [2.45, 2.75) is 200 Å². The molecule has 232 valence electrons. The van der Waals surface area contributed by atoms with Gasteiger partial charge in [-0.05, 0) is 19.8 Å². The molecule has 0 amide bonds. The third kappa shape index (κ3) is 20.7. The minimum absolute atomic E-state index is 0.107. The molecular formula is C34H67NO4. The van der Waals surface area contributed by atoms with E-state index >= 15 is 0 Å². The van der Waals surface area contributed by atoms with Crippen molar-refractivity contribution in [3.63, 3.8) is 0 Å². The van der Waals surface area contributed by atoms with E-state index in [2.05, 4.69) is 13.8 Å². The van der Waals surface area contributed by atoms with Crippen molar-refractivity contribution in [3.8, 4) is 0 Å². The molecule has 0 radical (unpaired) electrons. The molecule has 0 fully saturated rings. The molecule has 0 aromatic heterocycles. The van der Waals surface area contributed by atoms with Crippen molar-refractivity contribution < 1.29 is 19.8 Å². The zero-order chi connectivity index (χ0) is 29.4. The number of hydrogen-bond acceptors (Lipinski definition) is 5. The first-order chi connectivity index (χ1) is 18.6. The Labute approximate surface area is 242 Å². The van der Waals surface area contributed by atoms with E-state index in [0.29, 0.717) is 12.8 Å². The quantitative estimate of drug-likeness (QED) is 0.0634. The number of carbonyl (C=O) groups excluding carboxylic acids is 2. The number of Topliss-reactive ketones (excluding diaryl/α,β-unsaturated/α-hetero) is 2. The summed E-state index contributed by atoms with van der Waals surface area (Å²) in [6.07, 6.45) is 26.6. The third-order valence-electron chi connectivity index (χ3n) is 8.34. The Hall–Kier alpha value is -0.780. The van der Waals surface area contributed by atoms with Crippen molar-refractivity contribution in [1.82, 2.24) is 0 Å². The first kappa shape index (κ1) is 38.2. The van der Waals surface area contributed by atoms with E-state index in [9.17, 15) is 19.8 Å². The van der Waals surface area contributed by atoms with Crippen LogP contribution in [0.3, 0.4) is 0 Å². The Morgan fingerprint density at radius 1 is 0.590 bits per heavy atom. The maximum atomic E-state index is 13.1. The summed E-state index contributed by atoms with van der Waals surface area (Å²) in [5, 5.41) is 21.6. The highest BCUT2D eigenvalue weighted by Gasteiger charge is 2.47. The van der Waals surface area contributed by atoms with Crippen molar-refractivity contribution in [1.29, 1.82) is 0 Å². The van der Waals surface area contributed by atoms with Crippen molar-refractivity contribution in [2.75, 3.05) is 0 Å². The Kier molecular flexibility index (Phi) is 23.4. The van der Waals surface area contributed by atoms with Gasteiger partial charge in [0.2, 0.25) is 0 Å². The molecule has 39 heavy (non-hydrogen) atoms. The highest BCUT2D eigenvalue weighted by molar-refractivity contribution is 5.94. The van der Waals surface area contributed by atoms with Gasteiger partial charge >= 0.3 is 0 Å². The van der Waals surface area contributed by atoms with Gasteiger partial charge in [0.1, 0.15) is 17.1 Å². The first-order valence-electron chi connectivity index (χ1n) is 16.9. The molecule has 0 saturated carbocycles. The van der Waals surface area contributed by atoms with Crippen molar-refractivity contribution in [2.24, 2.45) is 11.7 Å².